The first-order chi connectivity index (χ1) is 2.27. The SMILES string of the molecule is FC(F)OS. The van der Waals surface area contributed by atoms with E-state index in [0.29, 0.717) is 0 Å². The molecule has 0 unspecified atom stereocenters. The lowest BCUT2D eigenvalue weighted by Gasteiger charge is -1.83. The van der Waals surface area contributed by atoms with E-state index in [9.17, 15) is 8.78 Å². The van der Waals surface area contributed by atoms with Crippen LogP contribution in [0.5, 0.6) is 0 Å². The van der Waals surface area contributed by atoms with E-state index in [1.165, 1.54) is 0 Å². The molecule has 0 atom stereocenters. The van der Waals surface area contributed by atoms with Crippen molar-refractivity contribution in [1.29, 1.82) is 0 Å². The predicted octanol–water partition coefficient (Wildman–Crippen LogP) is 1.07. The summed E-state index contributed by atoms with van der Waals surface area (Å²) >= 11 is 2.77. The first-order valence-electron chi connectivity index (χ1n) is 0.855. The van der Waals surface area contributed by atoms with Crippen molar-refractivity contribution < 1.29 is 13.0 Å². The van der Waals surface area contributed by atoms with Gasteiger partial charge in [-0.1, -0.05) is 0 Å². The van der Waals surface area contributed by atoms with Gasteiger partial charge in [-0.05, 0) is 12.9 Å². The Hall–Kier alpha value is 0.170. The Morgan fingerprint density at radius 2 is 1.80 bits per heavy atom. The Morgan fingerprint density at radius 3 is 1.80 bits per heavy atom. The Morgan fingerprint density at radius 1 is 1.60 bits per heavy atom. The van der Waals surface area contributed by atoms with Crippen LogP contribution in [-0.2, 0) is 4.18 Å². The van der Waals surface area contributed by atoms with Crippen molar-refractivity contribution in [2.75, 3.05) is 0 Å². The molecular weight excluding hydrogens is 98.1 g/mol. The maximum atomic E-state index is 10.5. The zero-order valence-corrected chi connectivity index (χ0v) is 3.08. The average Bonchev–Trinajstić information content (AvgIpc) is 1.38. The molecular formula is CH2F2OS. The summed E-state index contributed by atoms with van der Waals surface area (Å²) < 4.78 is 24.0. The van der Waals surface area contributed by atoms with E-state index in [0.717, 1.165) is 0 Å². The fraction of sp³-hybridized carbons (Fsp3) is 1.00. The van der Waals surface area contributed by atoms with Crippen LogP contribution in [0.15, 0.2) is 0 Å². The van der Waals surface area contributed by atoms with Crippen LogP contribution in [0.1, 0.15) is 0 Å². The number of thiol groups is 1. The highest BCUT2D eigenvalue weighted by atomic mass is 32.1. The minimum absolute atomic E-state index is 2.75. The molecule has 0 aliphatic carbocycles. The van der Waals surface area contributed by atoms with Crippen molar-refractivity contribution in [3.05, 3.63) is 0 Å². The first-order valence-corrected chi connectivity index (χ1v) is 1.22. The van der Waals surface area contributed by atoms with Crippen molar-refractivity contribution in [2.45, 2.75) is 6.61 Å². The third-order valence-electron chi connectivity index (χ3n) is 0.0797. The smallest absolute Gasteiger partial charge is 0.255 e. The molecule has 0 heterocycles. The average molecular weight is 100 g/mol. The van der Waals surface area contributed by atoms with Crippen LogP contribution in [0.25, 0.3) is 0 Å². The molecule has 0 rings (SSSR count). The minimum atomic E-state index is -2.75. The third kappa shape index (κ3) is 4.17. The molecule has 32 valence electrons. The largest absolute Gasteiger partial charge is 0.355 e. The fourth-order valence-corrected chi connectivity index (χ4v) is 0. The number of hydrogen-bond donors (Lipinski definition) is 1. The van der Waals surface area contributed by atoms with Gasteiger partial charge in [-0.3, -0.25) is 4.18 Å². The van der Waals surface area contributed by atoms with Crippen molar-refractivity contribution >= 4 is 12.9 Å². The number of hydrogen-bond acceptors (Lipinski definition) is 2. The quantitative estimate of drug-likeness (QED) is 0.383. The summed E-state index contributed by atoms with van der Waals surface area (Å²) in [6.07, 6.45) is 0. The highest BCUT2D eigenvalue weighted by Gasteiger charge is 1.92. The molecule has 0 aliphatic rings. The van der Waals surface area contributed by atoms with E-state index >= 15 is 0 Å². The zero-order chi connectivity index (χ0) is 4.28. The van der Waals surface area contributed by atoms with Gasteiger partial charge in [0.05, 0.1) is 0 Å². The lowest BCUT2D eigenvalue weighted by molar-refractivity contribution is -0.0322. The maximum absolute atomic E-state index is 10.5. The van der Waals surface area contributed by atoms with Gasteiger partial charge in [-0.15, -0.1) is 0 Å². The second-order valence-corrected chi connectivity index (χ2v) is 0.577. The van der Waals surface area contributed by atoms with Gasteiger partial charge in [-0.25, -0.2) is 0 Å². The van der Waals surface area contributed by atoms with E-state index in [4.69, 9.17) is 0 Å². The van der Waals surface area contributed by atoms with Crippen molar-refractivity contribution in [3.63, 3.8) is 0 Å². The molecule has 0 aliphatic heterocycles. The Kier molecular flexibility index (Phi) is 2.49. The van der Waals surface area contributed by atoms with Crippen LogP contribution in [0.3, 0.4) is 0 Å². The van der Waals surface area contributed by atoms with Gasteiger partial charge in [0.25, 0.3) is 0 Å². The highest BCUT2D eigenvalue weighted by Crippen LogP contribution is 1.94. The van der Waals surface area contributed by atoms with Gasteiger partial charge < -0.3 is 0 Å². The number of rotatable bonds is 1. The standard InChI is InChI=1S/CH2F2OS/c2-1(3)4-5/h1,5H. The van der Waals surface area contributed by atoms with Crippen molar-refractivity contribution in [2.24, 2.45) is 0 Å². The summed E-state index contributed by atoms with van der Waals surface area (Å²) in [5.41, 5.74) is 0. The first kappa shape index (κ1) is 5.17. The summed E-state index contributed by atoms with van der Waals surface area (Å²) in [6, 6.07) is 0. The Balaban J connectivity index is 2.54. The van der Waals surface area contributed by atoms with Crippen LogP contribution < -0.4 is 0 Å². The summed E-state index contributed by atoms with van der Waals surface area (Å²) in [5, 5.41) is 0. The molecule has 0 bridgehead atoms. The zero-order valence-electron chi connectivity index (χ0n) is 2.19. The molecule has 0 aromatic heterocycles. The van der Waals surface area contributed by atoms with Gasteiger partial charge in [0, 0.05) is 0 Å². The molecule has 0 amide bonds. The molecule has 0 N–H and O–H groups in total. The van der Waals surface area contributed by atoms with E-state index in [2.05, 4.69) is 17.1 Å². The molecule has 0 fully saturated rings. The summed E-state index contributed by atoms with van der Waals surface area (Å²) in [6.45, 7) is -2.75. The van der Waals surface area contributed by atoms with Gasteiger partial charge in [0.15, 0.2) is 0 Å². The van der Waals surface area contributed by atoms with Crippen LogP contribution in [-0.4, -0.2) is 6.61 Å². The second kappa shape index (κ2) is 2.41. The second-order valence-electron chi connectivity index (χ2n) is 0.366. The van der Waals surface area contributed by atoms with Crippen molar-refractivity contribution in [3.8, 4) is 0 Å². The van der Waals surface area contributed by atoms with Gasteiger partial charge in [0.2, 0.25) is 0 Å². The van der Waals surface area contributed by atoms with Gasteiger partial charge in [0.1, 0.15) is 0 Å². The number of halogens is 2. The monoisotopic (exact) mass is 100.0 g/mol. The maximum Gasteiger partial charge on any atom is 0.355 e. The van der Waals surface area contributed by atoms with Gasteiger partial charge in [-0.2, -0.15) is 8.78 Å². The predicted molar refractivity (Wildman–Crippen MR) is 16.1 cm³/mol. The van der Waals surface area contributed by atoms with E-state index in [-0.39, 0.29) is 0 Å². The Bertz CT molecular complexity index is 23.6. The molecule has 4 heteroatoms. The van der Waals surface area contributed by atoms with E-state index in [1.54, 1.807) is 0 Å². The molecule has 5 heavy (non-hydrogen) atoms. The lowest BCUT2D eigenvalue weighted by Crippen LogP contribution is -1.83. The summed E-state index contributed by atoms with van der Waals surface area (Å²) in [5.74, 6) is 0. The summed E-state index contributed by atoms with van der Waals surface area (Å²) in [7, 11) is 0. The highest BCUT2D eigenvalue weighted by molar-refractivity contribution is 7.75. The van der Waals surface area contributed by atoms with Crippen LogP contribution in [0, 0.1) is 0 Å². The third-order valence-corrected chi connectivity index (χ3v) is 0.239. The lowest BCUT2D eigenvalue weighted by atomic mass is 11.5. The van der Waals surface area contributed by atoms with Crippen molar-refractivity contribution in [1.82, 2.24) is 0 Å². The molecule has 0 saturated heterocycles. The Labute approximate surface area is 33.5 Å². The normalized spacial score (nSPS) is 9.60. The van der Waals surface area contributed by atoms with Crippen LogP contribution in [0.2, 0.25) is 0 Å². The molecule has 0 aromatic rings. The molecule has 0 radical (unpaired) electrons. The molecule has 0 saturated carbocycles. The number of alkyl halides is 2. The van der Waals surface area contributed by atoms with Crippen LogP contribution >= 0.6 is 12.9 Å². The summed E-state index contributed by atoms with van der Waals surface area (Å²) in [4.78, 5) is 0. The molecule has 0 aromatic carbocycles. The van der Waals surface area contributed by atoms with Gasteiger partial charge >= 0.3 is 6.61 Å². The topological polar surface area (TPSA) is 9.23 Å². The van der Waals surface area contributed by atoms with Crippen LogP contribution in [0.4, 0.5) is 8.78 Å². The molecule has 0 spiro atoms. The van der Waals surface area contributed by atoms with E-state index in [1.807, 2.05) is 0 Å². The fourth-order valence-electron chi connectivity index (χ4n) is 0. The minimum Gasteiger partial charge on any atom is -0.255 e. The van der Waals surface area contributed by atoms with E-state index < -0.39 is 6.61 Å². The molecule has 1 nitrogen and oxygen atoms in total.